The van der Waals surface area contributed by atoms with Crippen molar-refractivity contribution in [2.24, 2.45) is 0 Å². The summed E-state index contributed by atoms with van der Waals surface area (Å²) >= 11 is 0. The number of likely N-dealkylation sites (tertiary alicyclic amines) is 1. The molecule has 1 amide bonds. The molecule has 1 saturated heterocycles. The van der Waals surface area contributed by atoms with Gasteiger partial charge < -0.3 is 9.64 Å². The van der Waals surface area contributed by atoms with E-state index in [1.807, 2.05) is 14.2 Å². The molecule has 5 rings (SSSR count). The molecule has 0 spiro atoms. The summed E-state index contributed by atoms with van der Waals surface area (Å²) in [6.07, 6.45) is 6.83. The lowest BCUT2D eigenvalue weighted by Gasteiger charge is -2.45. The quantitative estimate of drug-likeness (QED) is 0.723. The number of rotatable bonds is 4. The number of benzene rings is 2. The molecule has 1 aliphatic heterocycles. The van der Waals surface area contributed by atoms with Gasteiger partial charge in [-0.15, -0.1) is 12.4 Å². The molecule has 5 heteroatoms. The highest BCUT2D eigenvalue weighted by atomic mass is 35.5. The summed E-state index contributed by atoms with van der Waals surface area (Å²) in [6, 6.07) is 13.6. The number of methoxy groups -OCH3 is 1. The average Bonchev–Trinajstić information content (AvgIpc) is 3.42. The molecule has 1 saturated carbocycles. The molecular weight excluding hydrogens is 396 g/mol. The smallest absolute Gasteiger partial charge is 0.230 e. The predicted molar refractivity (Wildman–Crippen MR) is 123 cm³/mol. The second kappa shape index (κ2) is 8.86. The lowest BCUT2D eigenvalue weighted by Crippen LogP contribution is -2.56. The Morgan fingerprint density at radius 2 is 1.83 bits per heavy atom. The third-order valence-electron chi connectivity index (χ3n) is 7.64. The van der Waals surface area contributed by atoms with Crippen molar-refractivity contribution in [2.75, 3.05) is 27.2 Å². The van der Waals surface area contributed by atoms with Gasteiger partial charge >= 0.3 is 0 Å². The second-order valence-electron chi connectivity index (χ2n) is 9.12. The van der Waals surface area contributed by atoms with E-state index in [9.17, 15) is 4.79 Å². The molecule has 0 aromatic heterocycles. The van der Waals surface area contributed by atoms with Crippen LogP contribution in [0.3, 0.4) is 0 Å². The van der Waals surface area contributed by atoms with Crippen LogP contribution in [0.1, 0.15) is 49.1 Å². The summed E-state index contributed by atoms with van der Waals surface area (Å²) in [6.45, 7) is 2.32. The Hall–Kier alpha value is -1.62. The van der Waals surface area contributed by atoms with Crippen LogP contribution in [0.2, 0.25) is 0 Å². The topological polar surface area (TPSA) is 32.8 Å². The minimum atomic E-state index is -0.0412. The molecule has 2 aromatic rings. The predicted octanol–water partition coefficient (Wildman–Crippen LogP) is 4.39. The molecule has 1 heterocycles. The van der Waals surface area contributed by atoms with E-state index in [-0.39, 0.29) is 24.4 Å². The zero-order valence-corrected chi connectivity index (χ0v) is 18.9. The summed E-state index contributed by atoms with van der Waals surface area (Å²) in [5.41, 5.74) is 2.54. The number of ether oxygens (including phenoxy) is 1. The van der Waals surface area contributed by atoms with Gasteiger partial charge in [0.05, 0.1) is 12.0 Å². The summed E-state index contributed by atoms with van der Waals surface area (Å²) in [5, 5.41) is 2.56. The second-order valence-corrected chi connectivity index (χ2v) is 9.12. The van der Waals surface area contributed by atoms with Gasteiger partial charge in [0.15, 0.2) is 0 Å². The number of carbonyl (C=O) groups excluding carboxylic acids is 1. The first kappa shape index (κ1) is 21.6. The highest BCUT2D eigenvalue weighted by molar-refractivity contribution is 5.98. The minimum Gasteiger partial charge on any atom is -0.381 e. The summed E-state index contributed by atoms with van der Waals surface area (Å²) < 4.78 is 5.72. The molecule has 3 aliphatic rings. The number of carbonyl (C=O) groups is 1. The molecule has 4 atom stereocenters. The molecule has 0 N–H and O–H groups in total. The van der Waals surface area contributed by atoms with E-state index in [2.05, 4.69) is 46.2 Å². The molecule has 162 valence electrons. The first-order chi connectivity index (χ1) is 14.2. The Morgan fingerprint density at radius 3 is 2.57 bits per heavy atom. The van der Waals surface area contributed by atoms with Crippen molar-refractivity contribution in [1.29, 1.82) is 0 Å². The number of hydrogen-bond acceptors (Lipinski definition) is 3. The molecule has 0 bridgehead atoms. The molecule has 2 fully saturated rings. The zero-order valence-electron chi connectivity index (χ0n) is 18.0. The minimum absolute atomic E-state index is 0. The van der Waals surface area contributed by atoms with E-state index in [0.29, 0.717) is 18.1 Å². The largest absolute Gasteiger partial charge is 0.381 e. The third kappa shape index (κ3) is 3.63. The van der Waals surface area contributed by atoms with Gasteiger partial charge in [-0.2, -0.15) is 0 Å². The number of halogens is 1. The number of likely N-dealkylation sites (N-methyl/N-ethyl adjacent to an activating group) is 1. The van der Waals surface area contributed by atoms with Crippen molar-refractivity contribution < 1.29 is 9.53 Å². The van der Waals surface area contributed by atoms with Gasteiger partial charge in [0.25, 0.3) is 0 Å². The first-order valence-electron chi connectivity index (χ1n) is 11.2. The van der Waals surface area contributed by atoms with Crippen molar-refractivity contribution in [1.82, 2.24) is 9.80 Å². The van der Waals surface area contributed by atoms with Crippen molar-refractivity contribution in [3.8, 4) is 0 Å². The molecule has 2 aliphatic carbocycles. The van der Waals surface area contributed by atoms with E-state index in [1.54, 1.807) is 0 Å². The van der Waals surface area contributed by atoms with Crippen molar-refractivity contribution >= 4 is 29.1 Å². The van der Waals surface area contributed by atoms with Crippen LogP contribution in [-0.2, 0) is 16.0 Å². The fourth-order valence-corrected chi connectivity index (χ4v) is 6.09. The van der Waals surface area contributed by atoms with E-state index in [0.717, 1.165) is 38.8 Å². The van der Waals surface area contributed by atoms with Crippen LogP contribution in [-0.4, -0.2) is 61.1 Å². The van der Waals surface area contributed by atoms with Crippen LogP contribution in [0.15, 0.2) is 36.4 Å². The van der Waals surface area contributed by atoms with Crippen LogP contribution in [0.4, 0.5) is 0 Å². The number of amides is 1. The Balaban J connectivity index is 0.00000218. The standard InChI is InChI=1S/C25H32N2O2.ClH/c1-26(22-12-11-19(29-2)16-23(22)27-13-3-4-14-27)25(28)21-15-18-9-5-7-17-8-6-10-20(21)24(17)18;/h5-10,19,21-23H,3-4,11-16H2,1-2H3;1H. The Labute approximate surface area is 186 Å². The monoisotopic (exact) mass is 428 g/mol. The summed E-state index contributed by atoms with van der Waals surface area (Å²) in [4.78, 5) is 18.5. The van der Waals surface area contributed by atoms with Crippen molar-refractivity contribution in [3.05, 3.63) is 47.5 Å². The maximum atomic E-state index is 13.7. The first-order valence-corrected chi connectivity index (χ1v) is 11.2. The third-order valence-corrected chi connectivity index (χ3v) is 7.64. The Kier molecular flexibility index (Phi) is 6.38. The normalized spacial score (nSPS) is 28.5. The lowest BCUT2D eigenvalue weighted by atomic mass is 9.85. The summed E-state index contributed by atoms with van der Waals surface area (Å²) in [5.74, 6) is 0.249. The van der Waals surface area contributed by atoms with Gasteiger partial charge in [-0.3, -0.25) is 9.69 Å². The highest BCUT2D eigenvalue weighted by Gasteiger charge is 2.41. The van der Waals surface area contributed by atoms with E-state index in [4.69, 9.17) is 4.74 Å². The molecule has 2 aromatic carbocycles. The molecule has 4 nitrogen and oxygen atoms in total. The fourth-order valence-electron chi connectivity index (χ4n) is 6.09. The zero-order chi connectivity index (χ0) is 20.0. The van der Waals surface area contributed by atoms with Gasteiger partial charge in [0.1, 0.15) is 0 Å². The number of nitrogens with zero attached hydrogens (tertiary/aromatic N) is 2. The Bertz CT molecular complexity index is 906. The molecular formula is C25H33ClN2O2. The molecule has 30 heavy (non-hydrogen) atoms. The summed E-state index contributed by atoms with van der Waals surface area (Å²) in [7, 11) is 3.88. The maximum Gasteiger partial charge on any atom is 0.230 e. The van der Waals surface area contributed by atoms with Crippen molar-refractivity contribution in [2.45, 2.75) is 62.6 Å². The van der Waals surface area contributed by atoms with Gasteiger partial charge in [-0.25, -0.2) is 0 Å². The Morgan fingerprint density at radius 1 is 1.10 bits per heavy atom. The van der Waals surface area contributed by atoms with E-state index < -0.39 is 0 Å². The van der Waals surface area contributed by atoms with Gasteiger partial charge in [0.2, 0.25) is 5.91 Å². The van der Waals surface area contributed by atoms with Gasteiger partial charge in [-0.1, -0.05) is 36.4 Å². The fraction of sp³-hybridized carbons (Fsp3) is 0.560. The van der Waals surface area contributed by atoms with Crippen LogP contribution < -0.4 is 0 Å². The van der Waals surface area contributed by atoms with Crippen molar-refractivity contribution in [3.63, 3.8) is 0 Å². The van der Waals surface area contributed by atoms with Crippen LogP contribution in [0.25, 0.3) is 10.8 Å². The van der Waals surface area contributed by atoms with Gasteiger partial charge in [0, 0.05) is 26.2 Å². The molecule has 0 radical (unpaired) electrons. The van der Waals surface area contributed by atoms with E-state index in [1.165, 1.54) is 34.7 Å². The van der Waals surface area contributed by atoms with Crippen LogP contribution >= 0.6 is 12.4 Å². The number of hydrogen-bond donors (Lipinski definition) is 0. The van der Waals surface area contributed by atoms with E-state index >= 15 is 0 Å². The lowest BCUT2D eigenvalue weighted by molar-refractivity contribution is -0.136. The maximum absolute atomic E-state index is 13.7. The van der Waals surface area contributed by atoms with Crippen LogP contribution in [0, 0.1) is 0 Å². The highest BCUT2D eigenvalue weighted by Crippen LogP contribution is 2.40. The SMILES string of the molecule is COC1CCC(N(C)C(=O)C2Cc3cccc4cccc2c34)C(N2CCCC2)C1.Cl. The van der Waals surface area contributed by atoms with Gasteiger partial charge in [-0.05, 0) is 73.5 Å². The van der Waals surface area contributed by atoms with Crippen LogP contribution in [0.5, 0.6) is 0 Å². The molecule has 4 unspecified atom stereocenters. The average molecular weight is 429 g/mol.